The molecular weight excluding hydrogens is 575 g/mol. The van der Waals surface area contributed by atoms with E-state index in [0.717, 1.165) is 22.0 Å². The minimum Gasteiger partial charge on any atom is -0.462 e. The molecule has 2 saturated heterocycles. The average molecular weight is 609 g/mol. The summed E-state index contributed by atoms with van der Waals surface area (Å²) in [6.45, 7) is 0.804. The van der Waals surface area contributed by atoms with Crippen LogP contribution in [0.25, 0.3) is 22.0 Å². The van der Waals surface area contributed by atoms with E-state index in [4.69, 9.17) is 4.74 Å². The first-order chi connectivity index (χ1) is 21.8. The van der Waals surface area contributed by atoms with E-state index in [2.05, 4.69) is 20.9 Å². The van der Waals surface area contributed by atoms with Crippen molar-refractivity contribution in [2.24, 2.45) is 5.92 Å². The summed E-state index contributed by atoms with van der Waals surface area (Å²) in [5.41, 5.74) is 3.03. The number of aromatic nitrogens is 1. The Hall–Kier alpha value is -5.25. The van der Waals surface area contributed by atoms with E-state index >= 15 is 0 Å². The van der Waals surface area contributed by atoms with Gasteiger partial charge in [-0.3, -0.25) is 14.4 Å². The Labute approximate surface area is 259 Å². The van der Waals surface area contributed by atoms with Crippen LogP contribution in [0.3, 0.4) is 0 Å². The van der Waals surface area contributed by atoms with Crippen molar-refractivity contribution in [3.63, 3.8) is 0 Å². The van der Waals surface area contributed by atoms with E-state index in [0.29, 0.717) is 30.5 Å². The number of ether oxygens (including phenoxy) is 1. The summed E-state index contributed by atoms with van der Waals surface area (Å²) in [4.78, 5) is 55.1. The van der Waals surface area contributed by atoms with Gasteiger partial charge in [-0.25, -0.2) is 9.18 Å². The highest BCUT2D eigenvalue weighted by molar-refractivity contribution is 5.99. The number of cyclic esters (lactones) is 1. The van der Waals surface area contributed by atoms with Crippen molar-refractivity contribution in [3.8, 4) is 11.3 Å². The van der Waals surface area contributed by atoms with Gasteiger partial charge in [-0.05, 0) is 53.4 Å². The first-order valence-corrected chi connectivity index (χ1v) is 15.0. The van der Waals surface area contributed by atoms with Gasteiger partial charge in [-0.1, -0.05) is 60.7 Å². The highest BCUT2D eigenvalue weighted by atomic mass is 19.1. The topological polar surface area (TPSA) is 129 Å². The molecule has 4 N–H and O–H groups in total. The maximum Gasteiger partial charge on any atom is 0.333 e. The van der Waals surface area contributed by atoms with Crippen molar-refractivity contribution < 1.29 is 28.3 Å². The highest BCUT2D eigenvalue weighted by Crippen LogP contribution is 2.28. The summed E-state index contributed by atoms with van der Waals surface area (Å²) >= 11 is 0. The van der Waals surface area contributed by atoms with Crippen LogP contribution in [0, 0.1) is 11.7 Å². The fourth-order valence-corrected chi connectivity index (χ4v) is 5.92. The minimum atomic E-state index is -1.04. The molecule has 6 rings (SSSR count). The molecule has 0 aliphatic carbocycles. The molecular formula is C35H33FN4O5. The molecule has 45 heavy (non-hydrogen) atoms. The zero-order chi connectivity index (χ0) is 31.3. The number of halogens is 1. The predicted molar refractivity (Wildman–Crippen MR) is 166 cm³/mol. The Balaban J connectivity index is 1.24. The molecule has 0 saturated carbocycles. The molecule has 3 amide bonds. The SMILES string of the molecule is O=C1OCC/C1=C\[C@@H](C[C@H]1CCNC1=O)NC(=O)[C@@H](Cc1ccc(F)cc1)NC(=O)c1ccc(-c2cccc3ccccc23)[nH]1. The van der Waals surface area contributed by atoms with E-state index in [1.54, 1.807) is 24.3 Å². The van der Waals surface area contributed by atoms with Gasteiger partial charge in [0.2, 0.25) is 11.8 Å². The Morgan fingerprint density at radius 1 is 0.978 bits per heavy atom. The summed E-state index contributed by atoms with van der Waals surface area (Å²) in [6, 6.07) is 21.4. The second-order valence-electron chi connectivity index (χ2n) is 11.4. The van der Waals surface area contributed by atoms with Gasteiger partial charge in [-0.2, -0.15) is 0 Å². The van der Waals surface area contributed by atoms with Crippen LogP contribution in [0.2, 0.25) is 0 Å². The van der Waals surface area contributed by atoms with Crippen LogP contribution >= 0.6 is 0 Å². The second kappa shape index (κ2) is 13.2. The number of esters is 1. The standard InChI is InChI=1S/C35H33FN4O5/c36-25-10-8-21(9-11-25)18-31(34(43)38-26(19-23-14-16-37-32(23)41)20-24-15-17-45-35(24)44)40-33(42)30-13-12-29(39-30)28-7-3-5-22-4-1-2-6-27(22)28/h1-13,20,23,26,31,39H,14-19H2,(H,37,41)(H,38,43)(H,40,42)/b24-20+/t23-,26-,31-/m1/s1. The van der Waals surface area contributed by atoms with E-state index in [1.165, 1.54) is 12.1 Å². The van der Waals surface area contributed by atoms with Crippen molar-refractivity contribution in [2.45, 2.75) is 37.8 Å². The summed E-state index contributed by atoms with van der Waals surface area (Å²) in [5.74, 6) is -2.29. The van der Waals surface area contributed by atoms with Crippen molar-refractivity contribution in [3.05, 3.63) is 108 Å². The zero-order valence-electron chi connectivity index (χ0n) is 24.5. The molecule has 0 unspecified atom stereocenters. The van der Waals surface area contributed by atoms with Crippen LogP contribution in [0.4, 0.5) is 4.39 Å². The maximum absolute atomic E-state index is 13.8. The molecule has 0 radical (unpaired) electrons. The number of aromatic amines is 1. The van der Waals surface area contributed by atoms with Gasteiger partial charge in [0.1, 0.15) is 17.6 Å². The van der Waals surface area contributed by atoms with E-state index in [-0.39, 0.29) is 37.0 Å². The number of amides is 3. The summed E-state index contributed by atoms with van der Waals surface area (Å²) in [7, 11) is 0. The van der Waals surface area contributed by atoms with Gasteiger partial charge >= 0.3 is 5.97 Å². The van der Waals surface area contributed by atoms with Crippen LogP contribution in [-0.2, 0) is 25.5 Å². The van der Waals surface area contributed by atoms with Crippen molar-refractivity contribution in [1.82, 2.24) is 20.9 Å². The quantitative estimate of drug-likeness (QED) is 0.159. The molecule has 1 aromatic heterocycles. The Morgan fingerprint density at radius 3 is 2.53 bits per heavy atom. The van der Waals surface area contributed by atoms with Crippen LogP contribution in [0.5, 0.6) is 0 Å². The third-order valence-electron chi connectivity index (χ3n) is 8.28. The number of nitrogens with one attached hydrogen (secondary N) is 4. The second-order valence-corrected chi connectivity index (χ2v) is 11.4. The van der Waals surface area contributed by atoms with Crippen molar-refractivity contribution >= 4 is 34.5 Å². The summed E-state index contributed by atoms with van der Waals surface area (Å²) in [5, 5.41) is 10.7. The number of H-pyrrole nitrogens is 1. The molecule has 9 nitrogen and oxygen atoms in total. The normalized spacial score (nSPS) is 18.4. The van der Waals surface area contributed by atoms with Gasteiger partial charge in [-0.15, -0.1) is 0 Å². The Kier molecular flexibility index (Phi) is 8.72. The van der Waals surface area contributed by atoms with E-state index in [1.807, 2.05) is 48.5 Å². The van der Waals surface area contributed by atoms with E-state index in [9.17, 15) is 23.6 Å². The van der Waals surface area contributed by atoms with Crippen molar-refractivity contribution in [2.75, 3.05) is 13.2 Å². The van der Waals surface area contributed by atoms with Crippen LogP contribution in [0.15, 0.2) is 90.5 Å². The molecule has 3 atom stereocenters. The number of fused-ring (bicyclic) bond motifs is 1. The highest BCUT2D eigenvalue weighted by Gasteiger charge is 2.31. The molecule has 2 aliphatic rings. The molecule has 2 aliphatic heterocycles. The van der Waals surface area contributed by atoms with Crippen LogP contribution in [-0.4, -0.2) is 53.9 Å². The maximum atomic E-state index is 13.8. The van der Waals surface area contributed by atoms with Crippen molar-refractivity contribution in [1.29, 1.82) is 0 Å². The minimum absolute atomic E-state index is 0.0873. The third-order valence-corrected chi connectivity index (χ3v) is 8.28. The molecule has 0 bridgehead atoms. The third kappa shape index (κ3) is 6.95. The fourth-order valence-electron chi connectivity index (χ4n) is 5.92. The van der Waals surface area contributed by atoms with Gasteiger partial charge in [0, 0.05) is 48.2 Å². The molecule has 0 spiro atoms. The van der Waals surface area contributed by atoms with Gasteiger partial charge in [0.15, 0.2) is 0 Å². The van der Waals surface area contributed by atoms with Crippen LogP contribution < -0.4 is 16.0 Å². The number of carbonyl (C=O) groups is 4. The number of hydrogen-bond acceptors (Lipinski definition) is 5. The average Bonchev–Trinajstić information content (AvgIpc) is 3.80. The number of rotatable bonds is 10. The Morgan fingerprint density at radius 2 is 1.78 bits per heavy atom. The van der Waals surface area contributed by atoms with Crippen LogP contribution in [0.1, 0.15) is 35.3 Å². The Bertz CT molecular complexity index is 1770. The first kappa shape index (κ1) is 29.8. The summed E-state index contributed by atoms with van der Waals surface area (Å²) in [6.07, 6.45) is 3.04. The largest absolute Gasteiger partial charge is 0.462 e. The monoisotopic (exact) mass is 608 g/mol. The van der Waals surface area contributed by atoms with Gasteiger partial charge in [0.25, 0.3) is 5.91 Å². The molecule has 3 aromatic carbocycles. The molecule has 3 heterocycles. The number of carbonyl (C=O) groups excluding carboxylic acids is 4. The zero-order valence-corrected chi connectivity index (χ0v) is 24.5. The number of benzene rings is 3. The molecule has 230 valence electrons. The lowest BCUT2D eigenvalue weighted by molar-refractivity contribution is -0.135. The predicted octanol–water partition coefficient (Wildman–Crippen LogP) is 4.20. The molecule has 2 fully saturated rings. The van der Waals surface area contributed by atoms with E-state index < -0.39 is 35.7 Å². The molecule has 4 aromatic rings. The lowest BCUT2D eigenvalue weighted by atomic mass is 9.95. The van der Waals surface area contributed by atoms with Gasteiger partial charge < -0.3 is 25.7 Å². The lowest BCUT2D eigenvalue weighted by Gasteiger charge is -2.23. The first-order valence-electron chi connectivity index (χ1n) is 15.0. The smallest absolute Gasteiger partial charge is 0.333 e. The lowest BCUT2D eigenvalue weighted by Crippen LogP contribution is -2.51. The number of hydrogen-bond donors (Lipinski definition) is 4. The summed E-state index contributed by atoms with van der Waals surface area (Å²) < 4.78 is 18.7. The fraction of sp³-hybridized carbons (Fsp3) is 0.257. The van der Waals surface area contributed by atoms with Gasteiger partial charge in [0.05, 0.1) is 6.61 Å². The molecule has 10 heteroatoms.